The van der Waals surface area contributed by atoms with Crippen LogP contribution in [-0.2, 0) is 6.54 Å². The Labute approximate surface area is 136 Å². The standard InChI is InChI=1S/C17H26N4O2/c1-12-8-14(16(22)18-9-12)11-20-17(23)19-10-13-4-6-21(7-5-13)15-2-3-15/h8-9,13,15H,2-7,10-11H2,1H3,(H,18,22)(H2,19,20,23). The first kappa shape index (κ1) is 16.1. The summed E-state index contributed by atoms with van der Waals surface area (Å²) in [7, 11) is 0. The highest BCUT2D eigenvalue weighted by molar-refractivity contribution is 5.73. The molecule has 1 saturated heterocycles. The number of pyridine rings is 1. The fourth-order valence-corrected chi connectivity index (χ4v) is 3.22. The average molecular weight is 318 g/mol. The van der Waals surface area contributed by atoms with Crippen molar-refractivity contribution in [3.05, 3.63) is 33.7 Å². The monoisotopic (exact) mass is 318 g/mol. The van der Waals surface area contributed by atoms with E-state index in [4.69, 9.17) is 0 Å². The molecule has 6 nitrogen and oxygen atoms in total. The summed E-state index contributed by atoms with van der Waals surface area (Å²) in [5.41, 5.74) is 1.41. The lowest BCUT2D eigenvalue weighted by Crippen LogP contribution is -2.42. The number of carbonyl (C=O) groups is 1. The van der Waals surface area contributed by atoms with Gasteiger partial charge in [0.1, 0.15) is 0 Å². The molecule has 2 fully saturated rings. The Morgan fingerprint density at radius 1 is 1.26 bits per heavy atom. The molecule has 1 aliphatic heterocycles. The number of hydrogen-bond acceptors (Lipinski definition) is 3. The van der Waals surface area contributed by atoms with Gasteiger partial charge in [-0.15, -0.1) is 0 Å². The Kier molecular flexibility index (Phi) is 5.00. The fraction of sp³-hybridized carbons (Fsp3) is 0.647. The molecule has 0 spiro atoms. The number of urea groups is 1. The van der Waals surface area contributed by atoms with Gasteiger partial charge in [0, 0.05) is 30.9 Å². The van der Waals surface area contributed by atoms with Crippen LogP contribution in [0.15, 0.2) is 17.1 Å². The van der Waals surface area contributed by atoms with Crippen LogP contribution in [0.4, 0.5) is 4.79 Å². The molecule has 3 N–H and O–H groups in total. The normalized spacial score (nSPS) is 19.5. The molecule has 1 aromatic heterocycles. The lowest BCUT2D eigenvalue weighted by atomic mass is 9.97. The van der Waals surface area contributed by atoms with Crippen molar-refractivity contribution in [1.82, 2.24) is 20.5 Å². The molecule has 0 atom stereocenters. The molecule has 2 amide bonds. The molecule has 0 unspecified atom stereocenters. The summed E-state index contributed by atoms with van der Waals surface area (Å²) in [5, 5.41) is 5.70. The molecule has 1 saturated carbocycles. The van der Waals surface area contributed by atoms with Crippen LogP contribution in [0, 0.1) is 12.8 Å². The number of likely N-dealkylation sites (tertiary alicyclic amines) is 1. The van der Waals surface area contributed by atoms with E-state index in [0.717, 1.165) is 37.5 Å². The van der Waals surface area contributed by atoms with Gasteiger partial charge in [-0.1, -0.05) is 0 Å². The number of nitrogens with one attached hydrogen (secondary N) is 3. The molecule has 6 heteroatoms. The van der Waals surface area contributed by atoms with E-state index in [-0.39, 0.29) is 18.1 Å². The largest absolute Gasteiger partial charge is 0.338 e. The number of carbonyl (C=O) groups excluding carboxylic acids is 1. The molecule has 1 aromatic rings. The third-order valence-corrected chi connectivity index (χ3v) is 4.83. The zero-order chi connectivity index (χ0) is 16.2. The van der Waals surface area contributed by atoms with Crippen molar-refractivity contribution in [3.8, 4) is 0 Å². The van der Waals surface area contributed by atoms with E-state index in [1.54, 1.807) is 12.3 Å². The summed E-state index contributed by atoms with van der Waals surface area (Å²) in [6.07, 6.45) is 6.72. The van der Waals surface area contributed by atoms with Crippen molar-refractivity contribution in [2.24, 2.45) is 5.92 Å². The van der Waals surface area contributed by atoms with Gasteiger partial charge in [-0.05, 0) is 63.2 Å². The summed E-state index contributed by atoms with van der Waals surface area (Å²) >= 11 is 0. The third kappa shape index (κ3) is 4.58. The van der Waals surface area contributed by atoms with Crippen LogP contribution in [0.25, 0.3) is 0 Å². The van der Waals surface area contributed by atoms with Crippen LogP contribution in [0.5, 0.6) is 0 Å². The maximum atomic E-state index is 11.9. The van der Waals surface area contributed by atoms with Crippen LogP contribution in [0.1, 0.15) is 36.8 Å². The molecule has 0 radical (unpaired) electrons. The fourth-order valence-electron chi connectivity index (χ4n) is 3.22. The number of hydrogen-bond donors (Lipinski definition) is 3. The second kappa shape index (κ2) is 7.17. The van der Waals surface area contributed by atoms with E-state index < -0.39 is 0 Å². The van der Waals surface area contributed by atoms with Crippen LogP contribution in [0.3, 0.4) is 0 Å². The number of piperidine rings is 1. The van der Waals surface area contributed by atoms with E-state index in [0.29, 0.717) is 18.0 Å². The smallest absolute Gasteiger partial charge is 0.315 e. The zero-order valence-electron chi connectivity index (χ0n) is 13.7. The summed E-state index contributed by atoms with van der Waals surface area (Å²) in [4.78, 5) is 28.8. The van der Waals surface area contributed by atoms with Crippen molar-refractivity contribution >= 4 is 6.03 Å². The van der Waals surface area contributed by atoms with Gasteiger partial charge in [0.15, 0.2) is 0 Å². The average Bonchev–Trinajstić information content (AvgIpc) is 3.39. The van der Waals surface area contributed by atoms with E-state index in [9.17, 15) is 9.59 Å². The highest BCUT2D eigenvalue weighted by atomic mass is 16.2. The molecule has 3 rings (SSSR count). The first-order chi connectivity index (χ1) is 11.1. The van der Waals surface area contributed by atoms with Crippen LogP contribution >= 0.6 is 0 Å². The zero-order valence-corrected chi connectivity index (χ0v) is 13.7. The van der Waals surface area contributed by atoms with Crippen molar-refractivity contribution in [3.63, 3.8) is 0 Å². The summed E-state index contributed by atoms with van der Waals surface area (Å²) in [6.45, 7) is 5.21. The predicted octanol–water partition coefficient (Wildman–Crippen LogP) is 1.36. The highest BCUT2D eigenvalue weighted by Gasteiger charge is 2.31. The van der Waals surface area contributed by atoms with Gasteiger partial charge < -0.3 is 20.5 Å². The molecular weight excluding hydrogens is 292 g/mol. The predicted molar refractivity (Wildman–Crippen MR) is 89.4 cm³/mol. The number of rotatable bonds is 5. The molecular formula is C17H26N4O2. The molecule has 23 heavy (non-hydrogen) atoms. The van der Waals surface area contributed by atoms with Gasteiger partial charge in [0.25, 0.3) is 5.56 Å². The Balaban J connectivity index is 1.36. The summed E-state index contributed by atoms with van der Waals surface area (Å²) in [5.74, 6) is 0.568. The second-order valence-corrected chi connectivity index (χ2v) is 6.81. The minimum Gasteiger partial charge on any atom is -0.338 e. The molecule has 0 aromatic carbocycles. The van der Waals surface area contributed by atoms with E-state index in [1.165, 1.54) is 12.8 Å². The Morgan fingerprint density at radius 2 is 2.00 bits per heavy atom. The van der Waals surface area contributed by atoms with Gasteiger partial charge in [0.2, 0.25) is 0 Å². The van der Waals surface area contributed by atoms with Crippen molar-refractivity contribution < 1.29 is 4.79 Å². The second-order valence-electron chi connectivity index (χ2n) is 6.81. The number of aromatic nitrogens is 1. The SMILES string of the molecule is Cc1c[nH]c(=O)c(CNC(=O)NCC2CCN(C3CC3)CC2)c1. The molecule has 2 aliphatic rings. The quantitative estimate of drug-likeness (QED) is 0.767. The van der Waals surface area contributed by atoms with Crippen molar-refractivity contribution in [2.75, 3.05) is 19.6 Å². The number of H-pyrrole nitrogens is 1. The molecule has 0 bridgehead atoms. The van der Waals surface area contributed by atoms with Gasteiger partial charge in [-0.25, -0.2) is 4.79 Å². The van der Waals surface area contributed by atoms with Gasteiger partial charge >= 0.3 is 6.03 Å². The van der Waals surface area contributed by atoms with Gasteiger partial charge in [-0.2, -0.15) is 0 Å². The minimum atomic E-state index is -0.199. The first-order valence-electron chi connectivity index (χ1n) is 8.56. The maximum absolute atomic E-state index is 11.9. The molecule has 1 aliphatic carbocycles. The minimum absolute atomic E-state index is 0.150. The van der Waals surface area contributed by atoms with Gasteiger partial charge in [-0.3, -0.25) is 4.79 Å². The van der Waals surface area contributed by atoms with Crippen LogP contribution in [0.2, 0.25) is 0 Å². The van der Waals surface area contributed by atoms with Crippen molar-refractivity contribution in [2.45, 2.75) is 45.2 Å². The number of nitrogens with zero attached hydrogens (tertiary/aromatic N) is 1. The number of aryl methyl sites for hydroxylation is 1. The first-order valence-corrected chi connectivity index (χ1v) is 8.56. The van der Waals surface area contributed by atoms with Gasteiger partial charge in [0.05, 0.1) is 0 Å². The summed E-state index contributed by atoms with van der Waals surface area (Å²) < 4.78 is 0. The van der Waals surface area contributed by atoms with E-state index in [2.05, 4.69) is 20.5 Å². The Bertz CT molecular complexity index is 601. The number of aromatic amines is 1. The molecule has 126 valence electrons. The van der Waals surface area contributed by atoms with Crippen LogP contribution in [-0.4, -0.2) is 41.6 Å². The van der Waals surface area contributed by atoms with E-state index in [1.807, 2.05) is 6.92 Å². The Hall–Kier alpha value is -1.82. The third-order valence-electron chi connectivity index (χ3n) is 4.83. The lowest BCUT2D eigenvalue weighted by Gasteiger charge is -2.32. The van der Waals surface area contributed by atoms with E-state index >= 15 is 0 Å². The van der Waals surface area contributed by atoms with Crippen LogP contribution < -0.4 is 16.2 Å². The summed E-state index contributed by atoms with van der Waals surface area (Å²) in [6, 6.07) is 2.45. The molecule has 2 heterocycles. The maximum Gasteiger partial charge on any atom is 0.315 e. The Morgan fingerprint density at radius 3 is 2.70 bits per heavy atom. The topological polar surface area (TPSA) is 77.2 Å². The number of amides is 2. The highest BCUT2D eigenvalue weighted by Crippen LogP contribution is 2.30. The lowest BCUT2D eigenvalue weighted by molar-refractivity contribution is 0.174. The van der Waals surface area contributed by atoms with Crippen molar-refractivity contribution in [1.29, 1.82) is 0 Å².